The summed E-state index contributed by atoms with van der Waals surface area (Å²) in [5.41, 5.74) is 7.36. The molecule has 0 aliphatic heterocycles. The van der Waals surface area contributed by atoms with E-state index in [9.17, 15) is 0 Å². The number of thiophene rings is 1. The van der Waals surface area contributed by atoms with Crippen LogP contribution in [0.3, 0.4) is 0 Å². The Morgan fingerprint density at radius 3 is 2.94 bits per heavy atom. The highest BCUT2D eigenvalue weighted by atomic mass is 32.1. The summed E-state index contributed by atoms with van der Waals surface area (Å²) in [6, 6.07) is 3.33. The molecule has 2 N–H and O–H groups in total. The monoisotopic (exact) mass is 252 g/mol. The topological polar surface area (TPSA) is 29.3 Å². The molecule has 96 valence electrons. The van der Waals surface area contributed by atoms with Gasteiger partial charge in [0.05, 0.1) is 0 Å². The molecule has 0 bridgehead atoms. The van der Waals surface area contributed by atoms with Crippen LogP contribution in [0.25, 0.3) is 0 Å². The van der Waals surface area contributed by atoms with Crippen LogP contribution in [0.1, 0.15) is 44.2 Å². The Kier molecular flexibility index (Phi) is 4.60. The number of rotatable bonds is 4. The van der Waals surface area contributed by atoms with Gasteiger partial charge in [-0.25, -0.2) is 0 Å². The van der Waals surface area contributed by atoms with Gasteiger partial charge in [-0.3, -0.25) is 4.90 Å². The lowest BCUT2D eigenvalue weighted by Gasteiger charge is -2.38. The van der Waals surface area contributed by atoms with Crippen molar-refractivity contribution in [1.82, 2.24) is 4.90 Å². The minimum absolute atomic E-state index is 0.400. The van der Waals surface area contributed by atoms with Crippen LogP contribution in [0, 0.1) is 5.92 Å². The summed E-state index contributed by atoms with van der Waals surface area (Å²) in [5, 5.41) is 4.38. The summed E-state index contributed by atoms with van der Waals surface area (Å²) in [6.45, 7) is 3.10. The standard InChI is InChI=1S/C14H24N2S/c1-11-4-3-5-13(8-11)16(2)14(9-15)12-6-7-17-10-12/h6-7,10-11,13-14H,3-5,8-9,15H2,1-2H3. The van der Waals surface area contributed by atoms with Crippen molar-refractivity contribution in [3.05, 3.63) is 22.4 Å². The Hall–Kier alpha value is -0.380. The first-order chi connectivity index (χ1) is 8.22. The first-order valence-electron chi connectivity index (χ1n) is 6.66. The predicted molar refractivity (Wildman–Crippen MR) is 75.3 cm³/mol. The molecule has 1 aliphatic carbocycles. The van der Waals surface area contributed by atoms with Gasteiger partial charge in [-0.05, 0) is 48.2 Å². The van der Waals surface area contributed by atoms with Gasteiger partial charge >= 0.3 is 0 Å². The van der Waals surface area contributed by atoms with Crippen LogP contribution >= 0.6 is 11.3 Å². The fourth-order valence-electron chi connectivity index (χ4n) is 3.03. The molecule has 0 saturated heterocycles. The lowest BCUT2D eigenvalue weighted by Crippen LogP contribution is -2.40. The normalized spacial score (nSPS) is 27.3. The highest BCUT2D eigenvalue weighted by Gasteiger charge is 2.27. The lowest BCUT2D eigenvalue weighted by molar-refractivity contribution is 0.121. The molecule has 3 atom stereocenters. The molecule has 1 aliphatic rings. The maximum atomic E-state index is 5.97. The minimum atomic E-state index is 0.400. The SMILES string of the molecule is CC1CCCC(N(C)C(CN)c2ccsc2)C1. The second-order valence-electron chi connectivity index (χ2n) is 5.40. The summed E-state index contributed by atoms with van der Waals surface area (Å²) in [4.78, 5) is 2.51. The Labute approximate surface area is 109 Å². The van der Waals surface area contributed by atoms with Crippen LogP contribution < -0.4 is 5.73 Å². The van der Waals surface area contributed by atoms with E-state index in [4.69, 9.17) is 5.73 Å². The van der Waals surface area contributed by atoms with Crippen molar-refractivity contribution in [2.75, 3.05) is 13.6 Å². The molecule has 0 radical (unpaired) electrons. The maximum absolute atomic E-state index is 5.97. The van der Waals surface area contributed by atoms with E-state index < -0.39 is 0 Å². The molecule has 17 heavy (non-hydrogen) atoms. The van der Waals surface area contributed by atoms with E-state index in [0.29, 0.717) is 12.1 Å². The van der Waals surface area contributed by atoms with Crippen LogP contribution in [-0.4, -0.2) is 24.5 Å². The van der Waals surface area contributed by atoms with Crippen LogP contribution in [0.2, 0.25) is 0 Å². The zero-order valence-electron chi connectivity index (χ0n) is 10.9. The van der Waals surface area contributed by atoms with Crippen molar-refractivity contribution in [2.45, 2.75) is 44.7 Å². The van der Waals surface area contributed by atoms with E-state index in [2.05, 4.69) is 35.7 Å². The molecule has 0 aromatic carbocycles. The molecule has 1 heterocycles. The third kappa shape index (κ3) is 3.09. The molecule has 2 nitrogen and oxygen atoms in total. The zero-order valence-corrected chi connectivity index (χ0v) is 11.7. The van der Waals surface area contributed by atoms with Crippen molar-refractivity contribution in [3.63, 3.8) is 0 Å². The fraction of sp³-hybridized carbons (Fsp3) is 0.714. The van der Waals surface area contributed by atoms with Gasteiger partial charge in [-0.15, -0.1) is 0 Å². The fourth-order valence-corrected chi connectivity index (χ4v) is 3.74. The number of hydrogen-bond donors (Lipinski definition) is 1. The highest BCUT2D eigenvalue weighted by molar-refractivity contribution is 7.07. The van der Waals surface area contributed by atoms with Gasteiger partial charge in [-0.2, -0.15) is 11.3 Å². The van der Waals surface area contributed by atoms with Gasteiger partial charge in [0, 0.05) is 18.6 Å². The highest BCUT2D eigenvalue weighted by Crippen LogP contribution is 2.31. The molecular weight excluding hydrogens is 228 g/mol. The summed E-state index contributed by atoms with van der Waals surface area (Å²) >= 11 is 1.77. The minimum Gasteiger partial charge on any atom is -0.329 e. The average Bonchev–Trinajstić information content (AvgIpc) is 2.83. The second kappa shape index (κ2) is 5.98. The Balaban J connectivity index is 2.04. The molecule has 1 fully saturated rings. The molecule has 3 unspecified atom stereocenters. The largest absolute Gasteiger partial charge is 0.329 e. The van der Waals surface area contributed by atoms with E-state index in [0.717, 1.165) is 12.5 Å². The molecule has 2 rings (SSSR count). The van der Waals surface area contributed by atoms with Crippen molar-refractivity contribution < 1.29 is 0 Å². The summed E-state index contributed by atoms with van der Waals surface area (Å²) in [5.74, 6) is 0.872. The van der Waals surface area contributed by atoms with E-state index >= 15 is 0 Å². The van der Waals surface area contributed by atoms with Gasteiger partial charge < -0.3 is 5.73 Å². The lowest BCUT2D eigenvalue weighted by atomic mass is 9.85. The number of likely N-dealkylation sites (N-methyl/N-ethyl adjacent to an activating group) is 1. The second-order valence-corrected chi connectivity index (χ2v) is 6.18. The van der Waals surface area contributed by atoms with Gasteiger partial charge in [0.25, 0.3) is 0 Å². The quantitative estimate of drug-likeness (QED) is 0.891. The third-order valence-corrected chi connectivity index (χ3v) is 4.83. The molecule has 1 saturated carbocycles. The van der Waals surface area contributed by atoms with Crippen LogP contribution in [0.5, 0.6) is 0 Å². The average molecular weight is 252 g/mol. The van der Waals surface area contributed by atoms with Gasteiger partial charge in [0.15, 0.2) is 0 Å². The number of hydrogen-bond acceptors (Lipinski definition) is 3. The molecular formula is C14H24N2S. The molecule has 0 amide bonds. The van der Waals surface area contributed by atoms with Crippen molar-refractivity contribution in [2.24, 2.45) is 11.7 Å². The van der Waals surface area contributed by atoms with Crippen LogP contribution in [-0.2, 0) is 0 Å². The summed E-state index contributed by atoms with van der Waals surface area (Å²) < 4.78 is 0. The van der Waals surface area contributed by atoms with Crippen molar-refractivity contribution in [1.29, 1.82) is 0 Å². The number of nitrogens with two attached hydrogens (primary N) is 1. The van der Waals surface area contributed by atoms with Crippen LogP contribution in [0.15, 0.2) is 16.8 Å². The van der Waals surface area contributed by atoms with Crippen LogP contribution in [0.4, 0.5) is 0 Å². The van der Waals surface area contributed by atoms with Gasteiger partial charge in [0.1, 0.15) is 0 Å². The first-order valence-corrected chi connectivity index (χ1v) is 7.60. The summed E-state index contributed by atoms with van der Waals surface area (Å²) in [7, 11) is 2.25. The predicted octanol–water partition coefficient (Wildman–Crippen LogP) is 3.26. The summed E-state index contributed by atoms with van der Waals surface area (Å²) in [6.07, 6.45) is 5.44. The van der Waals surface area contributed by atoms with E-state index in [1.807, 2.05) is 0 Å². The Bertz CT molecular complexity index is 323. The molecule has 1 aromatic rings. The Morgan fingerprint density at radius 1 is 1.53 bits per heavy atom. The third-order valence-electron chi connectivity index (χ3n) is 4.13. The smallest absolute Gasteiger partial charge is 0.0478 e. The van der Waals surface area contributed by atoms with E-state index in [-0.39, 0.29) is 0 Å². The molecule has 0 spiro atoms. The van der Waals surface area contributed by atoms with Crippen molar-refractivity contribution in [3.8, 4) is 0 Å². The molecule has 3 heteroatoms. The maximum Gasteiger partial charge on any atom is 0.0478 e. The first kappa shape index (κ1) is 13.1. The number of nitrogens with zero attached hydrogens (tertiary/aromatic N) is 1. The van der Waals surface area contributed by atoms with Crippen molar-refractivity contribution >= 4 is 11.3 Å². The van der Waals surface area contributed by atoms with Gasteiger partial charge in [-0.1, -0.05) is 19.8 Å². The molecule has 1 aromatic heterocycles. The van der Waals surface area contributed by atoms with E-state index in [1.165, 1.54) is 31.2 Å². The van der Waals surface area contributed by atoms with Gasteiger partial charge in [0.2, 0.25) is 0 Å². The Morgan fingerprint density at radius 2 is 2.35 bits per heavy atom. The zero-order chi connectivity index (χ0) is 12.3. The van der Waals surface area contributed by atoms with E-state index in [1.54, 1.807) is 11.3 Å².